The van der Waals surface area contributed by atoms with Crippen molar-refractivity contribution in [2.24, 2.45) is 11.7 Å². The molecule has 0 bridgehead atoms. The van der Waals surface area contributed by atoms with Crippen molar-refractivity contribution in [2.45, 2.75) is 19.5 Å². The minimum absolute atomic E-state index is 0.0742. The third kappa shape index (κ3) is 6.74. The van der Waals surface area contributed by atoms with E-state index in [1.165, 1.54) is 36.3 Å². The summed E-state index contributed by atoms with van der Waals surface area (Å²) in [5.74, 6) is -2.08. The Labute approximate surface area is 166 Å². The Kier molecular flexibility index (Phi) is 7.93. The molecule has 1 saturated heterocycles. The number of benzene rings is 1. The van der Waals surface area contributed by atoms with Crippen molar-refractivity contribution in [1.29, 1.82) is 0 Å². The van der Waals surface area contributed by atoms with E-state index in [0.717, 1.165) is 6.08 Å². The Morgan fingerprint density at radius 1 is 1.31 bits per heavy atom. The highest BCUT2D eigenvalue weighted by Crippen LogP contribution is 2.29. The number of methoxy groups -OCH3 is 1. The largest absolute Gasteiger partial charge is 0.493 e. The van der Waals surface area contributed by atoms with Crippen LogP contribution in [0.3, 0.4) is 0 Å². The van der Waals surface area contributed by atoms with E-state index >= 15 is 0 Å². The molecule has 1 heterocycles. The summed E-state index contributed by atoms with van der Waals surface area (Å²) in [6, 6.07) is 4.14. The Bertz CT molecular complexity index is 784. The quantitative estimate of drug-likeness (QED) is 0.513. The zero-order valence-corrected chi connectivity index (χ0v) is 15.8. The van der Waals surface area contributed by atoms with Gasteiger partial charge in [-0.2, -0.15) is 8.78 Å². The second kappa shape index (κ2) is 10.4. The highest BCUT2D eigenvalue weighted by atomic mass is 19.3. The number of hydrogen-bond acceptors (Lipinski definition) is 6. The summed E-state index contributed by atoms with van der Waals surface area (Å²) in [7, 11) is 1.30. The van der Waals surface area contributed by atoms with Crippen molar-refractivity contribution in [3.8, 4) is 11.5 Å². The average Bonchev–Trinajstić information content (AvgIpc) is 2.70. The maximum absolute atomic E-state index is 12.3. The Morgan fingerprint density at radius 2 is 2.07 bits per heavy atom. The Balaban J connectivity index is 1.88. The topological polar surface area (TPSA) is 108 Å². The molecule has 0 saturated carbocycles. The van der Waals surface area contributed by atoms with Gasteiger partial charge in [0.1, 0.15) is 0 Å². The first-order valence-corrected chi connectivity index (χ1v) is 8.85. The molecule has 1 aromatic rings. The molecule has 0 radical (unpaired) electrons. The zero-order chi connectivity index (χ0) is 21.4. The molecule has 0 unspecified atom stereocenters. The molecule has 1 aliphatic heterocycles. The van der Waals surface area contributed by atoms with Crippen LogP contribution in [0.1, 0.15) is 18.4 Å². The van der Waals surface area contributed by atoms with Gasteiger partial charge in [0.05, 0.1) is 13.0 Å². The lowest BCUT2D eigenvalue weighted by atomic mass is 9.97. The maximum Gasteiger partial charge on any atom is 0.387 e. The summed E-state index contributed by atoms with van der Waals surface area (Å²) in [6.45, 7) is -2.76. The number of esters is 1. The number of ether oxygens (including phenoxy) is 3. The number of hydrogen-bond donors (Lipinski definition) is 1. The molecule has 1 atom stereocenters. The summed E-state index contributed by atoms with van der Waals surface area (Å²) in [4.78, 5) is 36.7. The van der Waals surface area contributed by atoms with Crippen molar-refractivity contribution < 1.29 is 37.4 Å². The molecule has 29 heavy (non-hydrogen) atoms. The molecule has 1 fully saturated rings. The molecule has 1 aromatic carbocycles. The first-order valence-electron chi connectivity index (χ1n) is 8.85. The van der Waals surface area contributed by atoms with E-state index in [2.05, 4.69) is 4.74 Å². The van der Waals surface area contributed by atoms with Gasteiger partial charge in [-0.3, -0.25) is 9.59 Å². The van der Waals surface area contributed by atoms with E-state index in [4.69, 9.17) is 15.2 Å². The number of alkyl halides is 2. The van der Waals surface area contributed by atoms with Gasteiger partial charge >= 0.3 is 12.6 Å². The van der Waals surface area contributed by atoms with Crippen LogP contribution in [0, 0.1) is 5.92 Å². The first kappa shape index (κ1) is 22.1. The smallest absolute Gasteiger partial charge is 0.387 e. The van der Waals surface area contributed by atoms with Gasteiger partial charge < -0.3 is 24.8 Å². The van der Waals surface area contributed by atoms with Crippen LogP contribution < -0.4 is 15.2 Å². The van der Waals surface area contributed by atoms with Crippen molar-refractivity contribution in [3.05, 3.63) is 29.8 Å². The molecular weight excluding hydrogens is 390 g/mol. The summed E-state index contributed by atoms with van der Waals surface area (Å²) < 4.78 is 38.9. The Morgan fingerprint density at radius 3 is 2.72 bits per heavy atom. The fourth-order valence-corrected chi connectivity index (χ4v) is 2.85. The van der Waals surface area contributed by atoms with Gasteiger partial charge in [-0.05, 0) is 36.6 Å². The molecule has 0 aliphatic carbocycles. The number of halogens is 2. The van der Waals surface area contributed by atoms with Crippen LogP contribution in [0.5, 0.6) is 11.5 Å². The molecule has 2 amide bonds. The predicted molar refractivity (Wildman–Crippen MR) is 98.1 cm³/mol. The fourth-order valence-electron chi connectivity index (χ4n) is 2.85. The third-order valence-corrected chi connectivity index (χ3v) is 4.33. The molecular formula is C19H22F2N2O6. The van der Waals surface area contributed by atoms with Crippen molar-refractivity contribution in [1.82, 2.24) is 4.90 Å². The van der Waals surface area contributed by atoms with Crippen LogP contribution in [-0.4, -0.2) is 56.1 Å². The van der Waals surface area contributed by atoms with E-state index < -0.39 is 36.9 Å². The number of carbonyl (C=O) groups excluding carboxylic acids is 3. The van der Waals surface area contributed by atoms with Crippen LogP contribution in [0.25, 0.3) is 6.08 Å². The van der Waals surface area contributed by atoms with Gasteiger partial charge in [-0.1, -0.05) is 6.07 Å². The molecule has 2 rings (SSSR count). The van der Waals surface area contributed by atoms with E-state index in [1.54, 1.807) is 0 Å². The lowest BCUT2D eigenvalue weighted by Gasteiger charge is -2.30. The van der Waals surface area contributed by atoms with Crippen LogP contribution >= 0.6 is 0 Å². The molecule has 0 spiro atoms. The van der Waals surface area contributed by atoms with Crippen molar-refractivity contribution in [2.75, 3.05) is 26.8 Å². The SMILES string of the molecule is COc1cc(/C=C/C(=O)OCC(=O)N2CCC[C@@H](C(N)=O)C2)ccc1OC(F)F. The molecule has 0 aromatic heterocycles. The standard InChI is InChI=1S/C19H22F2N2O6/c1-27-15-9-12(4-6-14(15)29-19(20)21)5-7-17(25)28-11-16(24)23-8-2-3-13(10-23)18(22)26/h4-7,9,13,19H,2-3,8,10-11H2,1H3,(H2,22,26)/b7-5+/t13-/m1/s1. The van der Waals surface area contributed by atoms with E-state index in [9.17, 15) is 23.2 Å². The molecule has 8 nitrogen and oxygen atoms in total. The monoisotopic (exact) mass is 412 g/mol. The minimum Gasteiger partial charge on any atom is -0.493 e. The summed E-state index contributed by atoms with van der Waals surface area (Å²) in [5, 5.41) is 0. The normalized spacial score (nSPS) is 16.7. The van der Waals surface area contributed by atoms with Crippen LogP contribution in [0.15, 0.2) is 24.3 Å². The van der Waals surface area contributed by atoms with Crippen molar-refractivity contribution >= 4 is 23.9 Å². The third-order valence-electron chi connectivity index (χ3n) is 4.33. The van der Waals surface area contributed by atoms with E-state index in [-0.39, 0.29) is 18.0 Å². The number of piperidine rings is 1. The van der Waals surface area contributed by atoms with Gasteiger partial charge in [-0.25, -0.2) is 4.79 Å². The number of rotatable bonds is 8. The van der Waals surface area contributed by atoms with Gasteiger partial charge in [0.2, 0.25) is 5.91 Å². The number of amides is 2. The maximum atomic E-state index is 12.3. The van der Waals surface area contributed by atoms with E-state index in [0.29, 0.717) is 24.9 Å². The first-order chi connectivity index (χ1) is 13.8. The Hall–Kier alpha value is -3.17. The predicted octanol–water partition coefficient (Wildman–Crippen LogP) is 1.58. The number of nitrogens with zero attached hydrogens (tertiary/aromatic N) is 1. The summed E-state index contributed by atoms with van der Waals surface area (Å²) in [5.41, 5.74) is 5.75. The van der Waals surface area contributed by atoms with Crippen LogP contribution in [0.4, 0.5) is 8.78 Å². The fraction of sp³-hybridized carbons (Fsp3) is 0.421. The number of carbonyl (C=O) groups is 3. The van der Waals surface area contributed by atoms with Gasteiger partial charge in [-0.15, -0.1) is 0 Å². The van der Waals surface area contributed by atoms with Crippen LogP contribution in [-0.2, 0) is 19.1 Å². The highest BCUT2D eigenvalue weighted by Gasteiger charge is 2.27. The molecule has 2 N–H and O–H groups in total. The number of nitrogens with two attached hydrogens (primary N) is 1. The van der Waals surface area contributed by atoms with Crippen molar-refractivity contribution in [3.63, 3.8) is 0 Å². The minimum atomic E-state index is -2.99. The second-order valence-corrected chi connectivity index (χ2v) is 6.31. The highest BCUT2D eigenvalue weighted by molar-refractivity contribution is 5.89. The summed E-state index contributed by atoms with van der Waals surface area (Å²) >= 11 is 0. The lowest BCUT2D eigenvalue weighted by molar-refractivity contribution is -0.149. The number of primary amides is 1. The van der Waals surface area contributed by atoms with E-state index in [1.807, 2.05) is 0 Å². The average molecular weight is 412 g/mol. The van der Waals surface area contributed by atoms with Crippen LogP contribution in [0.2, 0.25) is 0 Å². The van der Waals surface area contributed by atoms with Gasteiger partial charge in [0.25, 0.3) is 5.91 Å². The number of likely N-dealkylation sites (tertiary alicyclic amines) is 1. The zero-order valence-electron chi connectivity index (χ0n) is 15.8. The molecule has 1 aliphatic rings. The second-order valence-electron chi connectivity index (χ2n) is 6.31. The molecule has 10 heteroatoms. The van der Waals surface area contributed by atoms with Gasteiger partial charge in [0, 0.05) is 19.2 Å². The molecule has 158 valence electrons. The van der Waals surface area contributed by atoms with Gasteiger partial charge in [0.15, 0.2) is 18.1 Å². The lowest BCUT2D eigenvalue weighted by Crippen LogP contribution is -2.45. The summed E-state index contributed by atoms with van der Waals surface area (Å²) in [6.07, 6.45) is 3.76.